The maximum absolute atomic E-state index is 6.15. The van der Waals surface area contributed by atoms with E-state index in [1.54, 1.807) is 6.20 Å². The molecule has 2 aromatic carbocycles. The molecule has 0 unspecified atom stereocenters. The summed E-state index contributed by atoms with van der Waals surface area (Å²) in [5, 5.41) is 4.26. The number of para-hydroxylation sites is 1. The Bertz CT molecular complexity index is 1100. The van der Waals surface area contributed by atoms with Gasteiger partial charge >= 0.3 is 0 Å². The van der Waals surface area contributed by atoms with Crippen molar-refractivity contribution >= 4 is 27.8 Å². The second-order valence-corrected chi connectivity index (χ2v) is 7.26. The predicted molar refractivity (Wildman–Crippen MR) is 150 cm³/mol. The number of fused-ring (bicyclic) bond motifs is 3. The second-order valence-electron chi connectivity index (χ2n) is 7.26. The van der Waals surface area contributed by atoms with Crippen LogP contribution in [0.2, 0.25) is 0 Å². The van der Waals surface area contributed by atoms with E-state index < -0.39 is 0 Å². The lowest BCUT2D eigenvalue weighted by Crippen LogP contribution is -2.09. The first kappa shape index (κ1) is 28.7. The number of pyridine rings is 1. The average Bonchev–Trinajstić information content (AvgIpc) is 3.27. The molecule has 184 valence electrons. The highest BCUT2D eigenvalue weighted by molar-refractivity contribution is 6.06. The monoisotopic (exact) mass is 461 g/mol. The Morgan fingerprint density at radius 1 is 0.941 bits per heavy atom. The van der Waals surface area contributed by atoms with Crippen LogP contribution in [0.25, 0.3) is 21.9 Å². The van der Waals surface area contributed by atoms with Crippen LogP contribution in [0, 0.1) is 6.92 Å². The topological polar surface area (TPSA) is 68.8 Å². The number of unbranched alkanes of at least 4 members (excludes halogenated alkanes) is 1. The van der Waals surface area contributed by atoms with Crippen molar-refractivity contribution in [2.75, 3.05) is 12.3 Å². The van der Waals surface area contributed by atoms with Gasteiger partial charge in [0, 0.05) is 24.9 Å². The number of anilines is 1. The third-order valence-corrected chi connectivity index (χ3v) is 5.04. The Morgan fingerprint density at radius 3 is 2.18 bits per heavy atom. The van der Waals surface area contributed by atoms with Gasteiger partial charge in [-0.3, -0.25) is 0 Å². The molecular weight excluding hydrogens is 418 g/mol. The first-order chi connectivity index (χ1) is 16.7. The number of nitrogens with two attached hydrogens (primary N) is 1. The molecule has 4 aromatic rings. The fourth-order valence-electron chi connectivity index (χ4n) is 3.55. The zero-order valence-electron chi connectivity index (χ0n) is 21.9. The molecule has 2 heterocycles. The van der Waals surface area contributed by atoms with Crippen molar-refractivity contribution in [2.24, 2.45) is 0 Å². The van der Waals surface area contributed by atoms with Crippen LogP contribution in [0.4, 0.5) is 5.82 Å². The lowest BCUT2D eigenvalue weighted by atomic mass is 10.2. The molecule has 0 saturated carbocycles. The molecule has 0 spiro atoms. The quantitative estimate of drug-likeness (QED) is 0.284. The molecule has 34 heavy (non-hydrogen) atoms. The van der Waals surface area contributed by atoms with Crippen LogP contribution in [0.5, 0.6) is 0 Å². The molecule has 4 rings (SSSR count). The summed E-state index contributed by atoms with van der Waals surface area (Å²) in [5.74, 6) is 1.59. The molecule has 0 radical (unpaired) electrons. The third-order valence-electron chi connectivity index (χ3n) is 5.04. The standard InChI is InChI=1S/C18H23N5.C7H8.2C2H6/c1-3-15-22-16-17(23(15)12-8-7-11-20-4-2)13-9-5-6-10-14(13)21-18(16)19;1-7-5-3-2-4-6-7;2*1-2/h4-6,9-10,20H,2-3,7-8,11-12H2,1H3,(H2,19,21);2-6H,1H3;2*1-2H3. The van der Waals surface area contributed by atoms with Crippen LogP contribution in [0.1, 0.15) is 58.8 Å². The van der Waals surface area contributed by atoms with Crippen molar-refractivity contribution in [3.63, 3.8) is 0 Å². The van der Waals surface area contributed by atoms with E-state index in [0.717, 1.165) is 60.1 Å². The molecule has 0 bridgehead atoms. The van der Waals surface area contributed by atoms with E-state index in [1.807, 2.05) is 64.1 Å². The van der Waals surface area contributed by atoms with E-state index in [0.29, 0.717) is 5.82 Å². The zero-order chi connectivity index (χ0) is 25.3. The molecule has 0 saturated heterocycles. The van der Waals surface area contributed by atoms with Gasteiger partial charge in [-0.15, -0.1) is 0 Å². The van der Waals surface area contributed by atoms with Gasteiger partial charge in [0.25, 0.3) is 0 Å². The number of nitrogens with zero attached hydrogens (tertiary/aromatic N) is 3. The Kier molecular flexibility index (Phi) is 13.8. The van der Waals surface area contributed by atoms with Gasteiger partial charge in [-0.1, -0.05) is 95.3 Å². The van der Waals surface area contributed by atoms with Gasteiger partial charge in [-0.2, -0.15) is 0 Å². The van der Waals surface area contributed by atoms with E-state index >= 15 is 0 Å². The molecule has 0 fully saturated rings. The number of nitrogen functional groups attached to an aromatic ring is 1. The summed E-state index contributed by atoms with van der Waals surface area (Å²) >= 11 is 0. The molecule has 0 aliphatic heterocycles. The normalized spacial score (nSPS) is 9.71. The maximum atomic E-state index is 6.15. The number of aromatic nitrogens is 3. The number of aryl methyl sites for hydroxylation is 3. The van der Waals surface area contributed by atoms with Gasteiger partial charge < -0.3 is 15.6 Å². The van der Waals surface area contributed by atoms with Crippen LogP contribution in [0.15, 0.2) is 67.4 Å². The van der Waals surface area contributed by atoms with Crippen molar-refractivity contribution in [3.8, 4) is 0 Å². The second kappa shape index (κ2) is 16.3. The van der Waals surface area contributed by atoms with Gasteiger partial charge in [0.15, 0.2) is 5.82 Å². The minimum absolute atomic E-state index is 0.514. The van der Waals surface area contributed by atoms with Gasteiger partial charge in [-0.05, 0) is 32.0 Å². The summed E-state index contributed by atoms with van der Waals surface area (Å²) in [5.41, 5.74) is 10.3. The summed E-state index contributed by atoms with van der Waals surface area (Å²) < 4.78 is 2.31. The highest BCUT2D eigenvalue weighted by atomic mass is 15.1. The van der Waals surface area contributed by atoms with Crippen molar-refractivity contribution in [3.05, 3.63) is 78.8 Å². The molecule has 2 aromatic heterocycles. The summed E-state index contributed by atoms with van der Waals surface area (Å²) in [6, 6.07) is 18.4. The SMILES string of the molecule is C=CNCCCCn1c(CC)nc2c(N)nc3ccccc3c21.CC.CC.Cc1ccccc1. The Hall–Kier alpha value is -3.34. The smallest absolute Gasteiger partial charge is 0.152 e. The lowest BCUT2D eigenvalue weighted by Gasteiger charge is -2.10. The molecule has 0 atom stereocenters. The first-order valence-corrected chi connectivity index (χ1v) is 12.5. The van der Waals surface area contributed by atoms with Crippen LogP contribution < -0.4 is 11.1 Å². The van der Waals surface area contributed by atoms with Gasteiger partial charge in [0.2, 0.25) is 0 Å². The number of benzene rings is 2. The number of hydrogen-bond donors (Lipinski definition) is 2. The van der Waals surface area contributed by atoms with Crippen molar-refractivity contribution in [1.82, 2.24) is 19.9 Å². The first-order valence-electron chi connectivity index (χ1n) is 12.5. The fraction of sp³-hybridized carbons (Fsp3) is 0.379. The zero-order valence-corrected chi connectivity index (χ0v) is 21.9. The predicted octanol–water partition coefficient (Wildman–Crippen LogP) is 7.29. The molecule has 3 N–H and O–H groups in total. The van der Waals surface area contributed by atoms with Crippen LogP contribution in [-0.2, 0) is 13.0 Å². The van der Waals surface area contributed by atoms with Gasteiger partial charge in [0.05, 0.1) is 11.0 Å². The maximum Gasteiger partial charge on any atom is 0.152 e. The molecule has 5 nitrogen and oxygen atoms in total. The van der Waals surface area contributed by atoms with Crippen molar-refractivity contribution in [2.45, 2.75) is 67.3 Å². The Labute approximate surface area is 206 Å². The van der Waals surface area contributed by atoms with Crippen molar-refractivity contribution < 1.29 is 0 Å². The summed E-state index contributed by atoms with van der Waals surface area (Å²) in [4.78, 5) is 9.23. The number of hydrogen-bond acceptors (Lipinski definition) is 4. The molecule has 0 aliphatic rings. The number of nitrogens with one attached hydrogen (secondary N) is 1. The molecular formula is C29H43N5. The third kappa shape index (κ3) is 7.91. The van der Waals surface area contributed by atoms with E-state index in [4.69, 9.17) is 10.7 Å². The fourth-order valence-corrected chi connectivity index (χ4v) is 3.55. The van der Waals surface area contributed by atoms with E-state index in [-0.39, 0.29) is 0 Å². The molecule has 5 heteroatoms. The summed E-state index contributed by atoms with van der Waals surface area (Å²) in [6.45, 7) is 17.8. The summed E-state index contributed by atoms with van der Waals surface area (Å²) in [7, 11) is 0. The van der Waals surface area contributed by atoms with Gasteiger partial charge in [0.1, 0.15) is 11.3 Å². The lowest BCUT2D eigenvalue weighted by molar-refractivity contribution is 0.591. The van der Waals surface area contributed by atoms with Crippen LogP contribution in [-0.4, -0.2) is 21.1 Å². The van der Waals surface area contributed by atoms with Crippen LogP contribution in [0.3, 0.4) is 0 Å². The van der Waals surface area contributed by atoms with Crippen molar-refractivity contribution in [1.29, 1.82) is 0 Å². The highest BCUT2D eigenvalue weighted by Gasteiger charge is 2.15. The van der Waals surface area contributed by atoms with E-state index in [1.165, 1.54) is 5.56 Å². The number of rotatable bonds is 7. The summed E-state index contributed by atoms with van der Waals surface area (Å²) in [6.07, 6.45) is 4.79. The Morgan fingerprint density at radius 2 is 1.59 bits per heavy atom. The largest absolute Gasteiger partial charge is 0.391 e. The van der Waals surface area contributed by atoms with E-state index in [2.05, 4.69) is 53.5 Å². The van der Waals surface area contributed by atoms with E-state index in [9.17, 15) is 0 Å². The molecule has 0 amide bonds. The highest BCUT2D eigenvalue weighted by Crippen LogP contribution is 2.29. The van der Waals surface area contributed by atoms with Crippen LogP contribution >= 0.6 is 0 Å². The van der Waals surface area contributed by atoms with Gasteiger partial charge in [-0.25, -0.2) is 9.97 Å². The Balaban J connectivity index is 0.000000441. The average molecular weight is 462 g/mol. The minimum atomic E-state index is 0.514. The number of imidazole rings is 1. The molecule has 0 aliphatic carbocycles. The minimum Gasteiger partial charge on any atom is -0.391 e.